The van der Waals surface area contributed by atoms with Crippen LogP contribution in [0.5, 0.6) is 5.75 Å². The van der Waals surface area contributed by atoms with Crippen molar-refractivity contribution >= 4 is 27.6 Å². The molecule has 9 nitrogen and oxygen atoms in total. The molecule has 0 heterocycles. The zero-order valence-corrected chi connectivity index (χ0v) is 19.9. The van der Waals surface area contributed by atoms with Crippen LogP contribution in [0.3, 0.4) is 0 Å². The van der Waals surface area contributed by atoms with Gasteiger partial charge in [0.25, 0.3) is 5.91 Å². The predicted octanol–water partition coefficient (Wildman–Crippen LogP) is 3.18. The zero-order valence-electron chi connectivity index (χ0n) is 19.1. The third-order valence-electron chi connectivity index (χ3n) is 4.97. The number of amides is 1. The van der Waals surface area contributed by atoms with Crippen molar-refractivity contribution in [3.63, 3.8) is 0 Å². The van der Waals surface area contributed by atoms with Gasteiger partial charge in [-0.25, -0.2) is 13.2 Å². The molecule has 0 fully saturated rings. The van der Waals surface area contributed by atoms with E-state index in [9.17, 15) is 18.0 Å². The Morgan fingerprint density at radius 1 is 1.03 bits per heavy atom. The summed E-state index contributed by atoms with van der Waals surface area (Å²) in [5.74, 6) is -1.39. The van der Waals surface area contributed by atoms with E-state index in [4.69, 9.17) is 14.7 Å². The first-order valence-corrected chi connectivity index (χ1v) is 11.8. The summed E-state index contributed by atoms with van der Waals surface area (Å²) in [7, 11) is -1.25. The first-order chi connectivity index (χ1) is 16.7. The van der Waals surface area contributed by atoms with Crippen LogP contribution in [0.25, 0.3) is 0 Å². The Labute approximate surface area is 203 Å². The minimum absolute atomic E-state index is 0.0522. The van der Waals surface area contributed by atoms with Gasteiger partial charge in [0.2, 0.25) is 10.0 Å². The van der Waals surface area contributed by atoms with Crippen molar-refractivity contribution in [3.8, 4) is 11.8 Å². The average molecular weight is 494 g/mol. The molecule has 10 heteroatoms. The molecule has 1 N–H and O–H groups in total. The molecule has 180 valence electrons. The standard InChI is InChI=1S/C25H23N3O6S/c1-28(16-19-6-4-3-5-7-19)35(31,32)23-14-20(10-13-22(23)33-2)25(30)34-17-24(29)27-21-11-8-18(15-26)9-12-21/h3-14H,16-17H2,1-2H3,(H,27,29). The maximum absolute atomic E-state index is 13.2. The maximum atomic E-state index is 13.2. The van der Waals surface area contributed by atoms with E-state index in [1.54, 1.807) is 24.3 Å². The molecule has 0 radical (unpaired) electrons. The van der Waals surface area contributed by atoms with Crippen molar-refractivity contribution in [2.75, 3.05) is 26.1 Å². The Morgan fingerprint density at radius 2 is 1.71 bits per heavy atom. The minimum atomic E-state index is -4.02. The zero-order chi connectivity index (χ0) is 25.4. The number of esters is 1. The molecule has 0 bridgehead atoms. The molecule has 0 aliphatic rings. The number of anilines is 1. The number of nitrogens with zero attached hydrogens (tertiary/aromatic N) is 2. The Kier molecular flexibility index (Phi) is 8.20. The van der Waals surface area contributed by atoms with Crippen LogP contribution >= 0.6 is 0 Å². The van der Waals surface area contributed by atoms with Gasteiger partial charge in [-0.3, -0.25) is 4.79 Å². The van der Waals surface area contributed by atoms with Crippen molar-refractivity contribution < 1.29 is 27.5 Å². The number of rotatable bonds is 9. The molecule has 0 aliphatic carbocycles. The van der Waals surface area contributed by atoms with Crippen LogP contribution in [-0.2, 0) is 26.1 Å². The second-order valence-electron chi connectivity index (χ2n) is 7.43. The van der Waals surface area contributed by atoms with Gasteiger partial charge < -0.3 is 14.8 Å². The molecular formula is C25H23N3O6S. The number of carbonyl (C=O) groups excluding carboxylic acids is 2. The number of sulfonamides is 1. The van der Waals surface area contributed by atoms with E-state index < -0.39 is 28.5 Å². The van der Waals surface area contributed by atoms with Gasteiger partial charge in [-0.2, -0.15) is 9.57 Å². The van der Waals surface area contributed by atoms with E-state index in [2.05, 4.69) is 5.32 Å². The molecule has 3 aromatic carbocycles. The maximum Gasteiger partial charge on any atom is 0.338 e. The van der Waals surface area contributed by atoms with E-state index in [1.807, 2.05) is 24.3 Å². The van der Waals surface area contributed by atoms with E-state index in [0.29, 0.717) is 11.3 Å². The molecule has 0 spiro atoms. The summed E-state index contributed by atoms with van der Waals surface area (Å²) in [6.07, 6.45) is 0. The van der Waals surface area contributed by atoms with Gasteiger partial charge in [0, 0.05) is 19.3 Å². The molecule has 3 aromatic rings. The Morgan fingerprint density at radius 3 is 2.34 bits per heavy atom. The monoisotopic (exact) mass is 493 g/mol. The molecule has 1 amide bonds. The molecule has 3 rings (SSSR count). The Hall–Kier alpha value is -4.20. The molecule has 35 heavy (non-hydrogen) atoms. The number of nitriles is 1. The van der Waals surface area contributed by atoms with Crippen molar-refractivity contribution in [1.29, 1.82) is 5.26 Å². The van der Waals surface area contributed by atoms with Crippen molar-refractivity contribution in [2.24, 2.45) is 0 Å². The molecular weight excluding hydrogens is 470 g/mol. The van der Waals surface area contributed by atoms with Crippen molar-refractivity contribution in [3.05, 3.63) is 89.5 Å². The van der Waals surface area contributed by atoms with E-state index in [1.165, 1.54) is 38.4 Å². The Balaban J connectivity index is 1.71. The largest absolute Gasteiger partial charge is 0.495 e. The highest BCUT2D eigenvalue weighted by molar-refractivity contribution is 7.89. The highest BCUT2D eigenvalue weighted by Crippen LogP contribution is 2.28. The quantitative estimate of drug-likeness (QED) is 0.454. The van der Waals surface area contributed by atoms with Crippen molar-refractivity contribution in [2.45, 2.75) is 11.4 Å². The summed E-state index contributed by atoms with van der Waals surface area (Å²) in [5, 5.41) is 11.4. The van der Waals surface area contributed by atoms with E-state index >= 15 is 0 Å². The number of hydrogen-bond acceptors (Lipinski definition) is 7. The first kappa shape index (κ1) is 25.4. The van der Waals surface area contributed by atoms with Crippen LogP contribution in [0.1, 0.15) is 21.5 Å². The van der Waals surface area contributed by atoms with Gasteiger partial charge in [0.1, 0.15) is 10.6 Å². The number of carbonyl (C=O) groups is 2. The minimum Gasteiger partial charge on any atom is -0.495 e. The van der Waals surface area contributed by atoms with E-state index in [-0.39, 0.29) is 22.8 Å². The Bertz CT molecular complexity index is 1350. The summed E-state index contributed by atoms with van der Waals surface area (Å²) >= 11 is 0. The highest BCUT2D eigenvalue weighted by Gasteiger charge is 2.27. The second-order valence-corrected chi connectivity index (χ2v) is 9.44. The third kappa shape index (κ3) is 6.44. The molecule has 0 aromatic heterocycles. The van der Waals surface area contributed by atoms with Gasteiger partial charge in [-0.15, -0.1) is 0 Å². The lowest BCUT2D eigenvalue weighted by molar-refractivity contribution is -0.119. The van der Waals surface area contributed by atoms with Gasteiger partial charge in [-0.1, -0.05) is 30.3 Å². The summed E-state index contributed by atoms with van der Waals surface area (Å²) in [6.45, 7) is -0.461. The smallest absolute Gasteiger partial charge is 0.338 e. The van der Waals surface area contributed by atoms with Crippen molar-refractivity contribution in [1.82, 2.24) is 4.31 Å². The fourth-order valence-corrected chi connectivity index (χ4v) is 4.47. The number of ether oxygens (including phenoxy) is 2. The van der Waals surface area contributed by atoms with Crippen LogP contribution in [0, 0.1) is 11.3 Å². The summed E-state index contributed by atoms with van der Waals surface area (Å²) in [4.78, 5) is 24.5. The molecule has 0 unspecified atom stereocenters. The summed E-state index contributed by atoms with van der Waals surface area (Å²) in [6, 6.07) is 21.1. The van der Waals surface area contributed by atoms with Crippen LogP contribution in [-0.4, -0.2) is 45.4 Å². The SMILES string of the molecule is COc1ccc(C(=O)OCC(=O)Nc2ccc(C#N)cc2)cc1S(=O)(=O)N(C)Cc1ccccc1. The average Bonchev–Trinajstić information content (AvgIpc) is 2.87. The van der Waals surface area contributed by atoms with Gasteiger partial charge in [0.05, 0.1) is 24.3 Å². The normalized spacial score (nSPS) is 10.9. The molecule has 0 saturated carbocycles. The second kappa shape index (κ2) is 11.3. The summed E-state index contributed by atoms with van der Waals surface area (Å²) in [5.41, 5.74) is 1.61. The molecule has 0 aliphatic heterocycles. The number of hydrogen-bond donors (Lipinski definition) is 1. The predicted molar refractivity (Wildman–Crippen MR) is 128 cm³/mol. The highest BCUT2D eigenvalue weighted by atomic mass is 32.2. The topological polar surface area (TPSA) is 126 Å². The number of benzene rings is 3. The number of nitrogens with one attached hydrogen (secondary N) is 1. The lowest BCUT2D eigenvalue weighted by Crippen LogP contribution is -2.27. The summed E-state index contributed by atoms with van der Waals surface area (Å²) < 4.78 is 37.8. The van der Waals surface area contributed by atoms with Crippen LogP contribution in [0.2, 0.25) is 0 Å². The fraction of sp³-hybridized carbons (Fsp3) is 0.160. The van der Waals surface area contributed by atoms with Gasteiger partial charge >= 0.3 is 5.97 Å². The lowest BCUT2D eigenvalue weighted by atomic mass is 10.2. The lowest BCUT2D eigenvalue weighted by Gasteiger charge is -2.19. The fourth-order valence-electron chi connectivity index (χ4n) is 3.14. The molecule has 0 atom stereocenters. The van der Waals surface area contributed by atoms with E-state index in [0.717, 1.165) is 15.9 Å². The van der Waals surface area contributed by atoms with Gasteiger partial charge in [0.15, 0.2) is 6.61 Å². The number of methoxy groups -OCH3 is 1. The van der Waals surface area contributed by atoms with Crippen LogP contribution in [0.4, 0.5) is 5.69 Å². The van der Waals surface area contributed by atoms with Gasteiger partial charge in [-0.05, 0) is 48.0 Å². The van der Waals surface area contributed by atoms with Crippen LogP contribution in [0.15, 0.2) is 77.7 Å². The molecule has 0 saturated heterocycles. The first-order valence-electron chi connectivity index (χ1n) is 10.4. The third-order valence-corrected chi connectivity index (χ3v) is 6.79. The van der Waals surface area contributed by atoms with Crippen LogP contribution < -0.4 is 10.1 Å².